The minimum atomic E-state index is -0.389. The summed E-state index contributed by atoms with van der Waals surface area (Å²) >= 11 is 0. The average molecular weight is 360 g/mol. The van der Waals surface area contributed by atoms with Crippen LogP contribution in [0.15, 0.2) is 24.3 Å². The topological polar surface area (TPSA) is 75.7 Å². The second kappa shape index (κ2) is 9.94. The fourth-order valence-electron chi connectivity index (χ4n) is 3.22. The summed E-state index contributed by atoms with van der Waals surface area (Å²) in [5.41, 5.74) is 1.10. The third kappa shape index (κ3) is 5.86. The van der Waals surface area contributed by atoms with Gasteiger partial charge < -0.3 is 15.0 Å². The van der Waals surface area contributed by atoms with Crippen LogP contribution in [0.2, 0.25) is 0 Å². The molecule has 0 aliphatic heterocycles. The molecule has 0 saturated heterocycles. The number of hydrogen-bond donors (Lipinski definition) is 1. The number of benzene rings is 1. The lowest BCUT2D eigenvalue weighted by Crippen LogP contribution is -2.39. The second-order valence-corrected chi connectivity index (χ2v) is 6.59. The summed E-state index contributed by atoms with van der Waals surface area (Å²) in [4.78, 5) is 37.4. The molecule has 0 radical (unpaired) electrons. The minimum Gasteiger partial charge on any atom is -0.462 e. The van der Waals surface area contributed by atoms with Gasteiger partial charge in [0.1, 0.15) is 0 Å². The maximum absolute atomic E-state index is 12.2. The normalized spacial score (nSPS) is 14.5. The Kier molecular flexibility index (Phi) is 7.63. The lowest BCUT2D eigenvalue weighted by atomic mass is 9.95. The van der Waals surface area contributed by atoms with E-state index < -0.39 is 0 Å². The molecule has 1 aliphatic carbocycles. The third-order valence-electron chi connectivity index (χ3n) is 4.60. The van der Waals surface area contributed by atoms with Gasteiger partial charge in [0.25, 0.3) is 0 Å². The van der Waals surface area contributed by atoms with Crippen molar-refractivity contribution in [3.8, 4) is 0 Å². The second-order valence-electron chi connectivity index (χ2n) is 6.59. The standard InChI is InChI=1S/C20H28N2O4/c1-3-26-20(25)16-9-11-18(12-10-16)22(15(2)23)14-13-19(24)21-17-7-5-4-6-8-17/h9-12,17H,3-8,13-14H2,1-2H3,(H,21,24). The maximum atomic E-state index is 12.2. The van der Waals surface area contributed by atoms with E-state index >= 15 is 0 Å². The van der Waals surface area contributed by atoms with Crippen molar-refractivity contribution in [2.45, 2.75) is 58.4 Å². The van der Waals surface area contributed by atoms with Gasteiger partial charge in [0.15, 0.2) is 0 Å². The summed E-state index contributed by atoms with van der Waals surface area (Å²) in [5.74, 6) is -0.550. The van der Waals surface area contributed by atoms with Gasteiger partial charge in [0, 0.05) is 31.6 Å². The fourth-order valence-corrected chi connectivity index (χ4v) is 3.22. The van der Waals surface area contributed by atoms with Crippen molar-refractivity contribution in [2.75, 3.05) is 18.1 Å². The van der Waals surface area contributed by atoms with Crippen LogP contribution in [0.5, 0.6) is 0 Å². The van der Waals surface area contributed by atoms with Crippen LogP contribution in [0.25, 0.3) is 0 Å². The van der Waals surface area contributed by atoms with Crippen molar-refractivity contribution in [3.05, 3.63) is 29.8 Å². The Labute approximate surface area is 154 Å². The highest BCUT2D eigenvalue weighted by molar-refractivity contribution is 5.94. The van der Waals surface area contributed by atoms with E-state index in [0.29, 0.717) is 24.4 Å². The monoisotopic (exact) mass is 360 g/mol. The molecule has 1 fully saturated rings. The number of nitrogens with one attached hydrogen (secondary N) is 1. The number of carbonyl (C=O) groups excluding carboxylic acids is 3. The number of anilines is 1. The van der Waals surface area contributed by atoms with E-state index in [0.717, 1.165) is 25.7 Å². The van der Waals surface area contributed by atoms with Crippen molar-refractivity contribution >= 4 is 23.5 Å². The quantitative estimate of drug-likeness (QED) is 0.758. The fraction of sp³-hybridized carbons (Fsp3) is 0.550. The predicted octanol–water partition coefficient (Wildman–Crippen LogP) is 3.06. The number of rotatable bonds is 7. The highest BCUT2D eigenvalue weighted by Gasteiger charge is 2.18. The van der Waals surface area contributed by atoms with E-state index in [1.54, 1.807) is 36.1 Å². The highest BCUT2D eigenvalue weighted by atomic mass is 16.5. The molecule has 142 valence electrons. The van der Waals surface area contributed by atoms with Crippen LogP contribution in [-0.2, 0) is 14.3 Å². The first kappa shape index (κ1) is 19.9. The van der Waals surface area contributed by atoms with E-state index in [1.807, 2.05) is 0 Å². The zero-order chi connectivity index (χ0) is 18.9. The molecule has 1 N–H and O–H groups in total. The smallest absolute Gasteiger partial charge is 0.338 e. The van der Waals surface area contributed by atoms with Crippen molar-refractivity contribution in [3.63, 3.8) is 0 Å². The number of hydrogen-bond acceptors (Lipinski definition) is 4. The Bertz CT molecular complexity index is 621. The molecule has 26 heavy (non-hydrogen) atoms. The van der Waals surface area contributed by atoms with E-state index in [9.17, 15) is 14.4 Å². The first-order chi connectivity index (χ1) is 12.5. The molecule has 0 spiro atoms. The van der Waals surface area contributed by atoms with E-state index in [-0.39, 0.29) is 30.2 Å². The summed E-state index contributed by atoms with van der Waals surface area (Å²) in [5, 5.41) is 3.06. The van der Waals surface area contributed by atoms with Gasteiger partial charge in [-0.1, -0.05) is 19.3 Å². The molecule has 0 atom stereocenters. The molecule has 0 heterocycles. The number of nitrogens with zero attached hydrogens (tertiary/aromatic N) is 1. The summed E-state index contributed by atoms with van der Waals surface area (Å²) in [6, 6.07) is 6.93. The van der Waals surface area contributed by atoms with Crippen molar-refractivity contribution in [1.82, 2.24) is 5.32 Å². The molecule has 1 aromatic carbocycles. The molecule has 2 rings (SSSR count). The molecule has 2 amide bonds. The zero-order valence-corrected chi connectivity index (χ0v) is 15.6. The number of amides is 2. The van der Waals surface area contributed by atoms with Crippen LogP contribution in [0.1, 0.15) is 62.7 Å². The molecular weight excluding hydrogens is 332 g/mol. The molecule has 1 aliphatic rings. The lowest BCUT2D eigenvalue weighted by molar-refractivity contribution is -0.121. The SMILES string of the molecule is CCOC(=O)c1ccc(N(CCC(=O)NC2CCCCC2)C(C)=O)cc1. The van der Waals surface area contributed by atoms with Crippen LogP contribution in [0, 0.1) is 0 Å². The molecule has 0 aromatic heterocycles. The molecular formula is C20H28N2O4. The van der Waals surface area contributed by atoms with Crippen LogP contribution < -0.4 is 10.2 Å². The van der Waals surface area contributed by atoms with Crippen LogP contribution >= 0.6 is 0 Å². The number of esters is 1. The van der Waals surface area contributed by atoms with Gasteiger partial charge in [-0.2, -0.15) is 0 Å². The van der Waals surface area contributed by atoms with Crippen LogP contribution in [0.3, 0.4) is 0 Å². The van der Waals surface area contributed by atoms with Gasteiger partial charge in [-0.3, -0.25) is 9.59 Å². The van der Waals surface area contributed by atoms with Crippen molar-refractivity contribution < 1.29 is 19.1 Å². The lowest BCUT2D eigenvalue weighted by Gasteiger charge is -2.24. The van der Waals surface area contributed by atoms with Gasteiger partial charge in [-0.25, -0.2) is 4.79 Å². The molecule has 1 saturated carbocycles. The van der Waals surface area contributed by atoms with Gasteiger partial charge >= 0.3 is 5.97 Å². The summed E-state index contributed by atoms with van der Waals surface area (Å²) in [6.45, 7) is 3.85. The largest absolute Gasteiger partial charge is 0.462 e. The Morgan fingerprint density at radius 1 is 1.12 bits per heavy atom. The average Bonchev–Trinajstić information content (AvgIpc) is 2.63. The number of carbonyl (C=O) groups is 3. The van der Waals surface area contributed by atoms with E-state index in [2.05, 4.69) is 5.32 Å². The van der Waals surface area contributed by atoms with Crippen molar-refractivity contribution in [1.29, 1.82) is 0 Å². The summed E-state index contributed by atoms with van der Waals surface area (Å²) < 4.78 is 4.95. The highest BCUT2D eigenvalue weighted by Crippen LogP contribution is 2.19. The molecule has 1 aromatic rings. The maximum Gasteiger partial charge on any atom is 0.338 e. The third-order valence-corrected chi connectivity index (χ3v) is 4.60. The van der Waals surface area contributed by atoms with E-state index in [4.69, 9.17) is 4.74 Å². The Hall–Kier alpha value is -2.37. The Balaban J connectivity index is 1.92. The number of ether oxygens (including phenoxy) is 1. The minimum absolute atomic E-state index is 0.0220. The van der Waals surface area contributed by atoms with Crippen LogP contribution in [0.4, 0.5) is 5.69 Å². The summed E-state index contributed by atoms with van der Waals surface area (Å²) in [7, 11) is 0. The summed E-state index contributed by atoms with van der Waals surface area (Å²) in [6.07, 6.45) is 5.91. The van der Waals surface area contributed by atoms with E-state index in [1.165, 1.54) is 13.3 Å². The van der Waals surface area contributed by atoms with Gasteiger partial charge in [0.2, 0.25) is 11.8 Å². The molecule has 6 nitrogen and oxygen atoms in total. The molecule has 6 heteroatoms. The predicted molar refractivity (Wildman–Crippen MR) is 100 cm³/mol. The first-order valence-electron chi connectivity index (χ1n) is 9.36. The Morgan fingerprint density at radius 3 is 2.35 bits per heavy atom. The van der Waals surface area contributed by atoms with Crippen molar-refractivity contribution in [2.24, 2.45) is 0 Å². The van der Waals surface area contributed by atoms with Gasteiger partial charge in [0.05, 0.1) is 12.2 Å². The van der Waals surface area contributed by atoms with Gasteiger partial charge in [-0.05, 0) is 44.0 Å². The Morgan fingerprint density at radius 2 is 1.77 bits per heavy atom. The molecule has 0 bridgehead atoms. The first-order valence-corrected chi connectivity index (χ1v) is 9.36. The molecule has 0 unspecified atom stereocenters. The zero-order valence-electron chi connectivity index (χ0n) is 15.6. The van der Waals surface area contributed by atoms with Crippen LogP contribution in [-0.4, -0.2) is 37.0 Å². The van der Waals surface area contributed by atoms with Gasteiger partial charge in [-0.15, -0.1) is 0 Å².